The van der Waals surface area contributed by atoms with E-state index in [-0.39, 0.29) is 11.5 Å². The average Bonchev–Trinajstić information content (AvgIpc) is 2.60. The Hall–Kier alpha value is -3.56. The van der Waals surface area contributed by atoms with Crippen molar-refractivity contribution in [3.8, 4) is 17.2 Å². The highest BCUT2D eigenvalue weighted by Crippen LogP contribution is 2.30. The summed E-state index contributed by atoms with van der Waals surface area (Å²) in [6, 6.07) is 6.35. The number of ether oxygens (including phenoxy) is 3. The monoisotopic (exact) mass is 383 g/mol. The standard InChI is InChI=1S/C17H12F3NO6/c1-25-15-8-10(2-6-13(15)27-17(19)20)3-7-16(22)26-14-9-11(18)4-5-12(14)21(23)24/h2-9,17H,1H3. The highest BCUT2D eigenvalue weighted by atomic mass is 19.3. The maximum Gasteiger partial charge on any atom is 0.387 e. The molecule has 0 aliphatic carbocycles. The van der Waals surface area contributed by atoms with Crippen molar-refractivity contribution in [3.63, 3.8) is 0 Å². The number of halogens is 3. The molecule has 0 fully saturated rings. The summed E-state index contributed by atoms with van der Waals surface area (Å²) in [6.45, 7) is -3.03. The molecule has 0 aromatic heterocycles. The average molecular weight is 383 g/mol. The van der Waals surface area contributed by atoms with E-state index >= 15 is 0 Å². The molecule has 10 heteroatoms. The molecule has 2 rings (SSSR count). The van der Waals surface area contributed by atoms with Gasteiger partial charge in [0.25, 0.3) is 0 Å². The Bertz CT molecular complexity index is 885. The van der Waals surface area contributed by atoms with Gasteiger partial charge in [0.1, 0.15) is 5.82 Å². The van der Waals surface area contributed by atoms with Crippen LogP contribution in [-0.2, 0) is 4.79 Å². The van der Waals surface area contributed by atoms with Crippen LogP contribution in [0.3, 0.4) is 0 Å². The predicted molar refractivity (Wildman–Crippen MR) is 87.3 cm³/mol. The van der Waals surface area contributed by atoms with Crippen molar-refractivity contribution >= 4 is 17.7 Å². The maximum atomic E-state index is 13.2. The molecule has 0 saturated carbocycles. The Balaban J connectivity index is 2.15. The Morgan fingerprint density at radius 3 is 2.52 bits per heavy atom. The fourth-order valence-electron chi connectivity index (χ4n) is 2.01. The molecule has 2 aromatic rings. The van der Waals surface area contributed by atoms with Gasteiger partial charge in [-0.15, -0.1) is 0 Å². The third-order valence-electron chi connectivity index (χ3n) is 3.14. The second-order valence-corrected chi connectivity index (χ2v) is 4.91. The Kier molecular flexibility index (Phi) is 6.36. The van der Waals surface area contributed by atoms with E-state index in [1.165, 1.54) is 31.4 Å². The number of hydrogen-bond acceptors (Lipinski definition) is 6. The summed E-state index contributed by atoms with van der Waals surface area (Å²) < 4.78 is 51.8. The van der Waals surface area contributed by atoms with Gasteiger partial charge < -0.3 is 14.2 Å². The molecule has 0 atom stereocenters. The lowest BCUT2D eigenvalue weighted by Gasteiger charge is -2.10. The zero-order valence-electron chi connectivity index (χ0n) is 13.7. The summed E-state index contributed by atoms with van der Waals surface area (Å²) in [7, 11) is 1.25. The van der Waals surface area contributed by atoms with Crippen LogP contribution in [0.5, 0.6) is 17.2 Å². The molecular weight excluding hydrogens is 371 g/mol. The number of carbonyl (C=O) groups is 1. The van der Waals surface area contributed by atoms with E-state index in [4.69, 9.17) is 9.47 Å². The second kappa shape index (κ2) is 8.70. The normalized spacial score (nSPS) is 10.9. The van der Waals surface area contributed by atoms with Gasteiger partial charge in [0.05, 0.1) is 12.0 Å². The van der Waals surface area contributed by atoms with Crippen molar-refractivity contribution in [3.05, 3.63) is 64.0 Å². The van der Waals surface area contributed by atoms with Crippen molar-refractivity contribution in [1.82, 2.24) is 0 Å². The topological polar surface area (TPSA) is 87.9 Å². The summed E-state index contributed by atoms with van der Waals surface area (Å²) in [5, 5.41) is 10.9. The number of rotatable bonds is 7. The van der Waals surface area contributed by atoms with Gasteiger partial charge in [-0.05, 0) is 29.8 Å². The minimum absolute atomic E-state index is 0.00610. The Labute approximate surface area is 150 Å². The Morgan fingerprint density at radius 1 is 1.15 bits per heavy atom. The zero-order valence-corrected chi connectivity index (χ0v) is 13.7. The fraction of sp³-hybridized carbons (Fsp3) is 0.118. The van der Waals surface area contributed by atoms with Crippen LogP contribution in [0.15, 0.2) is 42.5 Å². The number of hydrogen-bond donors (Lipinski definition) is 0. The quantitative estimate of drug-likeness (QED) is 0.236. The third kappa shape index (κ3) is 5.46. The van der Waals surface area contributed by atoms with Crippen LogP contribution >= 0.6 is 0 Å². The van der Waals surface area contributed by atoms with Crippen molar-refractivity contribution in [1.29, 1.82) is 0 Å². The minimum Gasteiger partial charge on any atom is -0.493 e. The lowest BCUT2D eigenvalue weighted by atomic mass is 10.2. The number of alkyl halides is 2. The van der Waals surface area contributed by atoms with E-state index in [0.29, 0.717) is 11.6 Å². The van der Waals surface area contributed by atoms with E-state index in [9.17, 15) is 28.1 Å². The summed E-state index contributed by atoms with van der Waals surface area (Å²) in [6.07, 6.45) is 2.18. The van der Waals surface area contributed by atoms with Gasteiger partial charge in [-0.3, -0.25) is 10.1 Å². The number of carbonyl (C=O) groups excluding carboxylic acids is 1. The van der Waals surface area contributed by atoms with Crippen LogP contribution in [0.25, 0.3) is 6.08 Å². The maximum absolute atomic E-state index is 13.2. The van der Waals surface area contributed by atoms with Gasteiger partial charge in [0.2, 0.25) is 5.75 Å². The van der Waals surface area contributed by atoms with E-state index in [2.05, 4.69) is 4.74 Å². The molecule has 0 spiro atoms. The number of nitro groups is 1. The van der Waals surface area contributed by atoms with Crippen molar-refractivity contribution in [2.24, 2.45) is 0 Å². The van der Waals surface area contributed by atoms with Crippen molar-refractivity contribution in [2.75, 3.05) is 7.11 Å². The van der Waals surface area contributed by atoms with Crippen LogP contribution in [0.2, 0.25) is 0 Å². The highest BCUT2D eigenvalue weighted by Gasteiger charge is 2.18. The fourth-order valence-corrected chi connectivity index (χ4v) is 2.01. The lowest BCUT2D eigenvalue weighted by molar-refractivity contribution is -0.385. The second-order valence-electron chi connectivity index (χ2n) is 4.91. The summed E-state index contributed by atoms with van der Waals surface area (Å²) in [5.41, 5.74) is -0.201. The van der Waals surface area contributed by atoms with Gasteiger partial charge in [-0.2, -0.15) is 8.78 Å². The molecule has 0 saturated heterocycles. The largest absolute Gasteiger partial charge is 0.493 e. The molecule has 0 bridgehead atoms. The molecular formula is C17H12F3NO6. The van der Waals surface area contributed by atoms with E-state index in [1.54, 1.807) is 0 Å². The first-order valence-electron chi connectivity index (χ1n) is 7.27. The first-order chi connectivity index (χ1) is 12.8. The molecule has 2 aromatic carbocycles. The van der Waals surface area contributed by atoms with Crippen molar-refractivity contribution < 1.29 is 37.1 Å². The summed E-state index contributed by atoms with van der Waals surface area (Å²) in [4.78, 5) is 21.9. The smallest absolute Gasteiger partial charge is 0.387 e. The van der Waals surface area contributed by atoms with Gasteiger partial charge >= 0.3 is 18.3 Å². The molecule has 142 valence electrons. The molecule has 27 heavy (non-hydrogen) atoms. The number of nitrogens with zero attached hydrogens (tertiary/aromatic N) is 1. The number of esters is 1. The molecule has 0 N–H and O–H groups in total. The van der Waals surface area contributed by atoms with Gasteiger partial charge in [0, 0.05) is 18.2 Å². The molecule has 0 amide bonds. The number of benzene rings is 2. The predicted octanol–water partition coefficient (Wildman–Crippen LogP) is 3.96. The molecule has 0 aliphatic rings. The summed E-state index contributed by atoms with van der Waals surface area (Å²) in [5.74, 6) is -2.55. The van der Waals surface area contributed by atoms with Gasteiger partial charge in [0.15, 0.2) is 11.5 Å². The molecule has 0 radical (unpaired) electrons. The zero-order chi connectivity index (χ0) is 20.0. The van der Waals surface area contributed by atoms with Gasteiger partial charge in [-0.1, -0.05) is 6.07 Å². The van der Waals surface area contributed by atoms with E-state index in [0.717, 1.165) is 18.2 Å². The first-order valence-corrected chi connectivity index (χ1v) is 7.27. The van der Waals surface area contributed by atoms with Gasteiger partial charge in [-0.25, -0.2) is 9.18 Å². The molecule has 7 nitrogen and oxygen atoms in total. The van der Waals surface area contributed by atoms with E-state index in [1.807, 2.05) is 0 Å². The third-order valence-corrected chi connectivity index (χ3v) is 3.14. The van der Waals surface area contributed by atoms with Crippen LogP contribution in [0.1, 0.15) is 5.56 Å². The number of nitro benzene ring substituents is 1. The van der Waals surface area contributed by atoms with Crippen LogP contribution in [0, 0.1) is 15.9 Å². The molecule has 0 unspecified atom stereocenters. The Morgan fingerprint density at radius 2 is 1.89 bits per heavy atom. The minimum atomic E-state index is -3.03. The first kappa shape index (κ1) is 19.8. The highest BCUT2D eigenvalue weighted by molar-refractivity contribution is 5.89. The van der Waals surface area contributed by atoms with Crippen LogP contribution < -0.4 is 14.2 Å². The SMILES string of the molecule is COc1cc(C=CC(=O)Oc2cc(F)ccc2[N+](=O)[O-])ccc1OC(F)F. The van der Waals surface area contributed by atoms with Crippen molar-refractivity contribution in [2.45, 2.75) is 6.61 Å². The summed E-state index contributed by atoms with van der Waals surface area (Å²) >= 11 is 0. The lowest BCUT2D eigenvalue weighted by Crippen LogP contribution is -2.06. The van der Waals surface area contributed by atoms with Crippen LogP contribution in [-0.4, -0.2) is 24.6 Å². The van der Waals surface area contributed by atoms with Crippen LogP contribution in [0.4, 0.5) is 18.9 Å². The number of methoxy groups -OCH3 is 1. The van der Waals surface area contributed by atoms with E-state index < -0.39 is 34.8 Å². The molecule has 0 aliphatic heterocycles. The molecule has 0 heterocycles.